The minimum absolute atomic E-state index is 0.0727. The SMILES string of the molecule is COc1cc(C2NNC3OC(N)=C(C#N)C(c4ccc(OCc5ccccc5F)cc4)C32)cc(OC)c1OC. The van der Waals surface area contributed by atoms with Gasteiger partial charge in [-0.1, -0.05) is 30.3 Å². The number of methoxy groups -OCH3 is 3. The third-order valence-electron chi connectivity index (χ3n) is 7.09. The molecule has 5 rings (SSSR count). The molecule has 0 saturated carbocycles. The van der Waals surface area contributed by atoms with E-state index in [-0.39, 0.29) is 30.3 Å². The van der Waals surface area contributed by atoms with Crippen LogP contribution in [0.4, 0.5) is 4.39 Å². The van der Waals surface area contributed by atoms with Crippen molar-refractivity contribution < 1.29 is 28.1 Å². The normalized spacial score (nSPS) is 21.9. The number of halogens is 1. The molecule has 202 valence electrons. The highest BCUT2D eigenvalue weighted by molar-refractivity contribution is 5.55. The van der Waals surface area contributed by atoms with Gasteiger partial charge in [0, 0.05) is 17.4 Å². The van der Waals surface area contributed by atoms with Gasteiger partial charge in [0.05, 0.1) is 32.9 Å². The average molecular weight is 533 g/mol. The fourth-order valence-corrected chi connectivity index (χ4v) is 5.21. The number of rotatable bonds is 8. The lowest BCUT2D eigenvalue weighted by molar-refractivity contribution is 0.0340. The van der Waals surface area contributed by atoms with Gasteiger partial charge in [0.1, 0.15) is 24.2 Å². The number of allylic oxidation sites excluding steroid dienone is 1. The quantitative estimate of drug-likeness (QED) is 0.395. The van der Waals surface area contributed by atoms with Gasteiger partial charge < -0.3 is 29.4 Å². The number of nitrogens with one attached hydrogen (secondary N) is 2. The van der Waals surface area contributed by atoms with Gasteiger partial charge in [-0.15, -0.1) is 0 Å². The Balaban J connectivity index is 1.48. The van der Waals surface area contributed by atoms with Crippen LogP contribution in [-0.2, 0) is 11.3 Å². The highest BCUT2D eigenvalue weighted by Gasteiger charge is 2.49. The Labute approximate surface area is 225 Å². The van der Waals surface area contributed by atoms with Crippen LogP contribution >= 0.6 is 0 Å². The maximum absolute atomic E-state index is 14.0. The molecular formula is C29H29FN4O5. The monoisotopic (exact) mass is 532 g/mol. The maximum atomic E-state index is 14.0. The number of hydrogen-bond donors (Lipinski definition) is 3. The number of nitrogens with two attached hydrogens (primary N) is 1. The predicted molar refractivity (Wildman–Crippen MR) is 140 cm³/mol. The summed E-state index contributed by atoms with van der Waals surface area (Å²) >= 11 is 0. The molecule has 3 aromatic carbocycles. The molecule has 1 saturated heterocycles. The zero-order valence-corrected chi connectivity index (χ0v) is 21.7. The lowest BCUT2D eigenvalue weighted by atomic mass is 9.74. The van der Waals surface area contributed by atoms with E-state index in [0.717, 1.165) is 11.1 Å². The Morgan fingerprint density at radius 1 is 0.949 bits per heavy atom. The van der Waals surface area contributed by atoms with Gasteiger partial charge in [-0.05, 0) is 41.5 Å². The molecule has 2 aliphatic heterocycles. The molecule has 0 bridgehead atoms. The topological polar surface area (TPSA) is 120 Å². The smallest absolute Gasteiger partial charge is 0.203 e. The molecule has 2 heterocycles. The van der Waals surface area contributed by atoms with Crippen molar-refractivity contribution in [1.29, 1.82) is 5.26 Å². The van der Waals surface area contributed by atoms with Crippen molar-refractivity contribution in [3.63, 3.8) is 0 Å². The molecular weight excluding hydrogens is 503 g/mol. The zero-order chi connectivity index (χ0) is 27.5. The molecule has 0 radical (unpaired) electrons. The predicted octanol–water partition coefficient (Wildman–Crippen LogP) is 4.03. The van der Waals surface area contributed by atoms with Crippen LogP contribution in [0.25, 0.3) is 0 Å². The van der Waals surface area contributed by atoms with E-state index in [9.17, 15) is 9.65 Å². The summed E-state index contributed by atoms with van der Waals surface area (Å²) < 4.78 is 42.3. The van der Waals surface area contributed by atoms with E-state index in [1.807, 2.05) is 24.3 Å². The lowest BCUT2D eigenvalue weighted by Crippen LogP contribution is -2.40. The second kappa shape index (κ2) is 11.1. The second-order valence-electron chi connectivity index (χ2n) is 9.16. The average Bonchev–Trinajstić information content (AvgIpc) is 3.38. The van der Waals surface area contributed by atoms with Crippen molar-refractivity contribution in [2.45, 2.75) is 24.8 Å². The van der Waals surface area contributed by atoms with Crippen LogP contribution in [0.1, 0.15) is 28.7 Å². The van der Waals surface area contributed by atoms with Gasteiger partial charge in [-0.3, -0.25) is 0 Å². The van der Waals surface area contributed by atoms with Gasteiger partial charge in [0.15, 0.2) is 17.7 Å². The molecule has 4 atom stereocenters. The number of benzene rings is 3. The third kappa shape index (κ3) is 4.90. The van der Waals surface area contributed by atoms with Gasteiger partial charge >= 0.3 is 0 Å². The minimum atomic E-state index is -0.506. The van der Waals surface area contributed by atoms with E-state index < -0.39 is 12.1 Å². The number of hydrazine groups is 1. The number of nitrogens with zero attached hydrogens (tertiary/aromatic N) is 1. The Bertz CT molecular complexity index is 1400. The van der Waals surface area contributed by atoms with Crippen LogP contribution in [0.3, 0.4) is 0 Å². The summed E-state index contributed by atoms with van der Waals surface area (Å²) in [5.41, 5.74) is 15.2. The lowest BCUT2D eigenvalue weighted by Gasteiger charge is -2.36. The Morgan fingerprint density at radius 3 is 2.26 bits per heavy atom. The first kappa shape index (κ1) is 26.2. The van der Waals surface area contributed by atoms with Crippen LogP contribution in [0, 0.1) is 23.1 Å². The first-order valence-electron chi connectivity index (χ1n) is 12.3. The van der Waals surface area contributed by atoms with Crippen LogP contribution in [-0.4, -0.2) is 27.6 Å². The van der Waals surface area contributed by atoms with E-state index in [1.165, 1.54) is 6.07 Å². The van der Waals surface area contributed by atoms with E-state index in [0.29, 0.717) is 34.1 Å². The molecule has 1 fully saturated rings. The highest BCUT2D eigenvalue weighted by atomic mass is 19.1. The molecule has 2 aliphatic rings. The Hall–Kier alpha value is -4.46. The zero-order valence-electron chi connectivity index (χ0n) is 21.7. The Kier molecular flexibility index (Phi) is 7.45. The van der Waals surface area contributed by atoms with Gasteiger partial charge in [-0.25, -0.2) is 15.2 Å². The second-order valence-corrected chi connectivity index (χ2v) is 9.16. The molecule has 4 N–H and O–H groups in total. The molecule has 0 aliphatic carbocycles. The number of hydrogen-bond acceptors (Lipinski definition) is 9. The molecule has 4 unspecified atom stereocenters. The van der Waals surface area contributed by atoms with E-state index in [2.05, 4.69) is 16.9 Å². The number of fused-ring (bicyclic) bond motifs is 1. The molecule has 10 heteroatoms. The summed E-state index contributed by atoms with van der Waals surface area (Å²) in [6, 6.07) is 19.5. The van der Waals surface area contributed by atoms with Crippen LogP contribution in [0.15, 0.2) is 72.1 Å². The fourth-order valence-electron chi connectivity index (χ4n) is 5.21. The van der Waals surface area contributed by atoms with E-state index >= 15 is 0 Å². The standard InChI is InChI=1S/C29H29FN4O5/c1-35-22-12-18(13-23(36-2)27(22)37-3)26-25-24(20(14-31)28(32)39-29(25)34-33-26)16-8-10-19(11-9-16)38-15-17-6-4-5-7-21(17)30/h4-13,24-26,29,33-34H,15,32H2,1-3H3. The number of nitriles is 1. The molecule has 0 amide bonds. The summed E-state index contributed by atoms with van der Waals surface area (Å²) in [6.07, 6.45) is -0.506. The minimum Gasteiger partial charge on any atom is -0.493 e. The summed E-state index contributed by atoms with van der Waals surface area (Å²) in [7, 11) is 4.67. The van der Waals surface area contributed by atoms with Crippen molar-refractivity contribution in [2.24, 2.45) is 11.7 Å². The highest BCUT2D eigenvalue weighted by Crippen LogP contribution is 2.49. The fraction of sp³-hybridized carbons (Fsp3) is 0.276. The number of ether oxygens (including phenoxy) is 5. The molecule has 3 aromatic rings. The summed E-state index contributed by atoms with van der Waals surface area (Å²) in [4.78, 5) is 0. The van der Waals surface area contributed by atoms with Crippen molar-refractivity contribution >= 4 is 0 Å². The molecule has 9 nitrogen and oxygen atoms in total. The first-order valence-corrected chi connectivity index (χ1v) is 12.3. The molecule has 0 aromatic heterocycles. The summed E-state index contributed by atoms with van der Waals surface area (Å²) in [5, 5.41) is 10.1. The molecule has 0 spiro atoms. The van der Waals surface area contributed by atoms with Gasteiger partial charge in [-0.2, -0.15) is 5.26 Å². The van der Waals surface area contributed by atoms with Gasteiger partial charge in [0.2, 0.25) is 11.6 Å². The third-order valence-corrected chi connectivity index (χ3v) is 7.09. The van der Waals surface area contributed by atoms with Crippen molar-refractivity contribution in [3.8, 4) is 29.1 Å². The van der Waals surface area contributed by atoms with Crippen LogP contribution < -0.4 is 35.5 Å². The maximum Gasteiger partial charge on any atom is 0.203 e. The van der Waals surface area contributed by atoms with Gasteiger partial charge in [0.25, 0.3) is 0 Å². The van der Waals surface area contributed by atoms with Crippen LogP contribution in [0.2, 0.25) is 0 Å². The van der Waals surface area contributed by atoms with Crippen molar-refractivity contribution in [2.75, 3.05) is 21.3 Å². The first-order chi connectivity index (χ1) is 19.0. The van der Waals surface area contributed by atoms with Crippen molar-refractivity contribution in [1.82, 2.24) is 10.9 Å². The molecule has 39 heavy (non-hydrogen) atoms. The van der Waals surface area contributed by atoms with E-state index in [1.54, 1.807) is 51.7 Å². The van der Waals surface area contributed by atoms with Crippen molar-refractivity contribution in [3.05, 3.63) is 94.6 Å². The van der Waals surface area contributed by atoms with Crippen LogP contribution in [0.5, 0.6) is 23.0 Å². The van der Waals surface area contributed by atoms with E-state index in [4.69, 9.17) is 29.4 Å². The Morgan fingerprint density at radius 2 is 1.64 bits per heavy atom. The largest absolute Gasteiger partial charge is 0.493 e. The summed E-state index contributed by atoms with van der Waals surface area (Å²) in [5.74, 6) is 1.17. The summed E-state index contributed by atoms with van der Waals surface area (Å²) in [6.45, 7) is 0.0985.